The number of likely N-dealkylation sites (tertiary alicyclic amines) is 1. The van der Waals surface area contributed by atoms with Crippen LogP contribution in [0.3, 0.4) is 0 Å². The number of carboxylic acid groups (broad SMARTS) is 2. The third kappa shape index (κ3) is 7.03. The fraction of sp³-hybridized carbons (Fsp3) is 0.705. The number of aliphatic carboxylic acids is 1. The van der Waals surface area contributed by atoms with Gasteiger partial charge in [-0.05, 0) is 104 Å². The summed E-state index contributed by atoms with van der Waals surface area (Å²) in [6, 6.07) is 4.74. The van der Waals surface area contributed by atoms with E-state index in [1.807, 2.05) is 13.0 Å². The van der Waals surface area contributed by atoms with Crippen LogP contribution in [0.2, 0.25) is 5.02 Å². The van der Waals surface area contributed by atoms with E-state index >= 15 is 4.79 Å². The zero-order valence-electron chi connectivity index (χ0n) is 37.3. The van der Waals surface area contributed by atoms with Gasteiger partial charge in [0.25, 0.3) is 6.23 Å². The van der Waals surface area contributed by atoms with Crippen LogP contribution in [0.25, 0.3) is 0 Å². The van der Waals surface area contributed by atoms with Gasteiger partial charge in [0.2, 0.25) is 11.1 Å². The number of carboxylic acids is 1. The molecule has 0 aromatic heterocycles. The molecule has 2 saturated carbocycles. The number of carbonyl (C=O) groups is 5. The zero-order valence-corrected chi connectivity index (χ0v) is 38.1. The Bertz CT molecular complexity index is 1990. The zero-order chi connectivity index (χ0) is 45.6. The number of para-hydroxylation sites is 1. The van der Waals surface area contributed by atoms with Gasteiger partial charge < -0.3 is 39.2 Å². The molecule has 3 N–H and O–H groups in total. The van der Waals surface area contributed by atoms with Crippen LogP contribution in [0.15, 0.2) is 29.8 Å². The Hall–Kier alpha value is -4.12. The molecule has 0 spiro atoms. The van der Waals surface area contributed by atoms with Crippen molar-refractivity contribution in [3.05, 3.63) is 40.4 Å². The lowest BCUT2D eigenvalue weighted by Gasteiger charge is -2.63. The topological polar surface area (TPSA) is 199 Å². The number of hydrogen-bond acceptors (Lipinski definition) is 12. The van der Waals surface area contributed by atoms with E-state index in [1.165, 1.54) is 26.1 Å². The van der Waals surface area contributed by atoms with Crippen LogP contribution in [-0.4, -0.2) is 116 Å². The third-order valence-electron chi connectivity index (χ3n) is 14.1. The summed E-state index contributed by atoms with van der Waals surface area (Å²) in [5.41, 5.74) is -9.07. The molecule has 3 aliphatic carbocycles. The van der Waals surface area contributed by atoms with Crippen LogP contribution >= 0.6 is 11.6 Å². The average Bonchev–Trinajstić information content (AvgIpc) is 3.93. The lowest BCUT2D eigenvalue weighted by molar-refractivity contribution is -0.979. The molecule has 338 valence electrons. The van der Waals surface area contributed by atoms with E-state index in [0.29, 0.717) is 25.0 Å². The number of anilines is 1. The molecule has 17 heteroatoms. The van der Waals surface area contributed by atoms with Crippen molar-refractivity contribution in [1.82, 2.24) is 4.90 Å². The molecular formula is C44H63ClN3O13+. The Morgan fingerprint density at radius 3 is 2.23 bits per heavy atom. The number of halogens is 1. The summed E-state index contributed by atoms with van der Waals surface area (Å²) in [7, 11) is 2.82. The van der Waals surface area contributed by atoms with E-state index in [4.69, 9.17) is 35.4 Å². The number of nitrogens with zero attached hydrogens (tertiary/aromatic N) is 3. The number of esters is 1. The lowest BCUT2D eigenvalue weighted by atomic mass is 9.48. The highest BCUT2D eigenvalue weighted by Gasteiger charge is 2.90. The maximum atomic E-state index is 15.2. The van der Waals surface area contributed by atoms with Crippen LogP contribution < -0.4 is 5.06 Å². The molecule has 1 saturated heterocycles. The van der Waals surface area contributed by atoms with Crippen LogP contribution in [0, 0.1) is 29.6 Å². The SMILES string of the molecule is COC(=O)N(CC(C)[C@@H]1CC[C@@H](C)[C@@]2(O)[C@@H]1C=C(C)[C@H](OC(C)=O)[C@@H]2[C@]1(C(=O)O)C[C@@]2(OC(=O)OC(C)(C)C)c3cccc(Cl)c3N(C)O[C@H]2[N+]1(C(=O)O)C(C)(C)C)C1CC1. The van der Waals surface area contributed by atoms with Crippen LogP contribution in [0.4, 0.5) is 20.1 Å². The minimum Gasteiger partial charge on any atom is -0.477 e. The van der Waals surface area contributed by atoms with Gasteiger partial charge in [-0.1, -0.05) is 43.7 Å². The van der Waals surface area contributed by atoms with Crippen molar-refractivity contribution < 1.29 is 67.6 Å². The first-order valence-corrected chi connectivity index (χ1v) is 21.4. The number of ether oxygens (including phenoxy) is 4. The second kappa shape index (κ2) is 15.6. The van der Waals surface area contributed by atoms with Gasteiger partial charge in [0.1, 0.15) is 17.2 Å². The Labute approximate surface area is 362 Å². The monoisotopic (exact) mass is 876 g/mol. The van der Waals surface area contributed by atoms with E-state index in [9.17, 15) is 34.5 Å². The molecule has 0 bridgehead atoms. The van der Waals surface area contributed by atoms with E-state index in [2.05, 4.69) is 0 Å². The van der Waals surface area contributed by atoms with Gasteiger partial charge in [-0.15, -0.1) is 0 Å². The maximum absolute atomic E-state index is 15.2. The largest absolute Gasteiger partial charge is 0.517 e. The van der Waals surface area contributed by atoms with Gasteiger partial charge in [0, 0.05) is 38.0 Å². The van der Waals surface area contributed by atoms with Crippen LogP contribution in [0.1, 0.15) is 107 Å². The molecule has 5 aliphatic rings. The summed E-state index contributed by atoms with van der Waals surface area (Å²) >= 11 is 6.84. The Balaban J connectivity index is 1.71. The van der Waals surface area contributed by atoms with Crippen molar-refractivity contribution in [2.45, 2.75) is 148 Å². The molecule has 3 fully saturated rings. The number of fused-ring (bicyclic) bond motifs is 4. The van der Waals surface area contributed by atoms with Gasteiger partial charge in [-0.25, -0.2) is 24.3 Å². The number of benzene rings is 1. The summed E-state index contributed by atoms with van der Waals surface area (Å²) in [6.45, 7) is 16.5. The Kier molecular flexibility index (Phi) is 11.9. The van der Waals surface area contributed by atoms with Gasteiger partial charge in [-0.3, -0.25) is 4.79 Å². The maximum Gasteiger partial charge on any atom is 0.517 e. The summed E-state index contributed by atoms with van der Waals surface area (Å²) in [5, 5.41) is 39.8. The summed E-state index contributed by atoms with van der Waals surface area (Å²) in [5.74, 6) is -6.33. The summed E-state index contributed by atoms with van der Waals surface area (Å²) < 4.78 is 22.0. The first kappa shape index (κ1) is 46.4. The number of hydroxylamine groups is 1. The Morgan fingerprint density at radius 2 is 1.70 bits per heavy atom. The molecule has 16 nitrogen and oxygen atoms in total. The molecule has 0 radical (unpaired) electrons. The van der Waals surface area contributed by atoms with Crippen LogP contribution in [-0.2, 0) is 39.0 Å². The summed E-state index contributed by atoms with van der Waals surface area (Å²) in [4.78, 5) is 78.8. The molecule has 2 aliphatic heterocycles. The second-order valence-electron chi connectivity index (χ2n) is 19.9. The van der Waals surface area contributed by atoms with E-state index < -0.39 is 99.2 Å². The van der Waals surface area contributed by atoms with Crippen molar-refractivity contribution in [1.29, 1.82) is 0 Å². The molecule has 1 aromatic carbocycles. The average molecular weight is 877 g/mol. The van der Waals surface area contributed by atoms with Gasteiger partial charge in [0.15, 0.2) is 0 Å². The van der Waals surface area contributed by atoms with Crippen molar-refractivity contribution in [2.75, 3.05) is 25.8 Å². The third-order valence-corrected chi connectivity index (χ3v) is 14.4. The molecule has 1 aromatic rings. The van der Waals surface area contributed by atoms with Crippen molar-refractivity contribution in [2.24, 2.45) is 29.6 Å². The van der Waals surface area contributed by atoms with Crippen molar-refractivity contribution in [3.63, 3.8) is 0 Å². The fourth-order valence-electron chi connectivity index (χ4n) is 11.8. The molecule has 2 unspecified atom stereocenters. The first-order valence-electron chi connectivity index (χ1n) is 21.1. The highest BCUT2D eigenvalue weighted by atomic mass is 35.5. The summed E-state index contributed by atoms with van der Waals surface area (Å²) in [6.07, 6.45) is -3.07. The normalized spacial score (nSPS) is 35.0. The quantitative estimate of drug-likeness (QED) is 0.101. The predicted octanol–water partition coefficient (Wildman–Crippen LogP) is 7.48. The number of methoxy groups -OCH3 is 1. The number of hydrogen-bond donors (Lipinski definition) is 3. The van der Waals surface area contributed by atoms with Gasteiger partial charge >= 0.3 is 30.3 Å². The number of aliphatic hydroxyl groups is 1. The predicted molar refractivity (Wildman–Crippen MR) is 221 cm³/mol. The highest BCUT2D eigenvalue weighted by Crippen LogP contribution is 2.69. The minimum atomic E-state index is -2.73. The smallest absolute Gasteiger partial charge is 0.477 e. The van der Waals surface area contributed by atoms with E-state index in [-0.39, 0.29) is 34.2 Å². The van der Waals surface area contributed by atoms with Gasteiger partial charge in [0.05, 0.1) is 35.8 Å². The molecular weight excluding hydrogens is 814 g/mol. The fourth-order valence-corrected chi connectivity index (χ4v) is 12.1. The van der Waals surface area contributed by atoms with Crippen LogP contribution in [0.5, 0.6) is 0 Å². The standard InChI is InChI=1S/C44H62ClN3O13/c1-23-20-30-28(24(2)21-47(27-17-18-27)37(52)57-12)19-16-25(3)44(30,56)34(33(23)58-26(4)49)42(36(50)51)22-43(60-39(55)59-41(8,9)10)29-14-13-15-31(45)32(29)46(11)61-35(43)48(42,38(53)54)40(5,6)7/h13-15,20,24-25,27-28,30,33-35,56H,16-19,21-22H2,1-12H3,(H-,50,51,53,54)/p+1/t24?,25-,28+,30-,33+,34-,35-,42+,43-,44-,48?/m1/s1. The molecule has 2 amide bonds. The minimum absolute atomic E-state index is 0.00841. The van der Waals surface area contributed by atoms with Gasteiger partial charge in [-0.2, -0.15) is 9.28 Å². The number of amides is 2. The highest BCUT2D eigenvalue weighted by molar-refractivity contribution is 6.33. The van der Waals surface area contributed by atoms with E-state index in [1.54, 1.807) is 78.5 Å². The molecule has 2 heterocycles. The van der Waals surface area contributed by atoms with Crippen molar-refractivity contribution in [3.8, 4) is 0 Å². The van der Waals surface area contributed by atoms with Crippen molar-refractivity contribution >= 4 is 47.6 Å². The molecule has 6 rings (SSSR count). The number of carbonyl (C=O) groups excluding carboxylic acids is 3. The second-order valence-corrected chi connectivity index (χ2v) is 20.3. The lowest BCUT2D eigenvalue weighted by Crippen LogP contribution is -2.84. The molecule has 11 atom stereocenters. The first-order chi connectivity index (χ1) is 28.2. The number of quaternary nitrogens is 1. The molecule has 61 heavy (non-hydrogen) atoms. The number of rotatable bonds is 8. The van der Waals surface area contributed by atoms with E-state index in [0.717, 1.165) is 12.8 Å². The Morgan fingerprint density at radius 1 is 1.07 bits per heavy atom.